The van der Waals surface area contributed by atoms with Crippen molar-refractivity contribution < 1.29 is 51.9 Å². The molecule has 6 aromatic rings. The van der Waals surface area contributed by atoms with Crippen molar-refractivity contribution in [2.45, 2.75) is 14.7 Å². The van der Waals surface area contributed by atoms with Crippen LogP contribution in [-0.2, 0) is 40.7 Å². The van der Waals surface area contributed by atoms with Crippen molar-refractivity contribution in [2.75, 3.05) is 0 Å². The molecule has 0 amide bonds. The predicted molar refractivity (Wildman–Crippen MR) is 153 cm³/mol. The average Bonchev–Trinajstić information content (AvgIpc) is 3.64. The van der Waals surface area contributed by atoms with Gasteiger partial charge in [0.2, 0.25) is 0 Å². The van der Waals surface area contributed by atoms with E-state index in [1.807, 2.05) is 0 Å². The van der Waals surface area contributed by atoms with Crippen molar-refractivity contribution in [3.05, 3.63) is 48.5 Å². The third kappa shape index (κ3) is 4.95. The average molecular weight is 688 g/mol. The van der Waals surface area contributed by atoms with Crippen molar-refractivity contribution in [1.82, 2.24) is 33.9 Å². The van der Waals surface area contributed by atoms with E-state index < -0.39 is 77.8 Å². The Hall–Kier alpha value is -4.49. The van der Waals surface area contributed by atoms with Gasteiger partial charge in [-0.2, -0.15) is 37.6 Å². The van der Waals surface area contributed by atoms with Crippen LogP contribution < -0.4 is 0 Å². The highest BCUT2D eigenvalue weighted by Crippen LogP contribution is 2.35. The minimum absolute atomic E-state index is 0.0230. The third-order valence-electron chi connectivity index (χ3n) is 6.29. The molecule has 0 saturated carbocycles. The monoisotopic (exact) mass is 687 g/mol. The Kier molecular flexibility index (Phi) is 6.39. The number of nitrogens with zero attached hydrogens (tertiary/aromatic N) is 2. The van der Waals surface area contributed by atoms with Gasteiger partial charge >= 0.3 is 10.3 Å². The fraction of sp³-hybridized carbons (Fsp3) is 0. The Morgan fingerprint density at radius 1 is 0.568 bits per heavy atom. The topological polar surface area (TPSA) is 314 Å². The fourth-order valence-electron chi connectivity index (χ4n) is 4.77. The van der Waals surface area contributed by atoms with Crippen LogP contribution in [0.5, 0.6) is 0 Å². The third-order valence-corrected chi connectivity index (χ3v) is 10.0. The maximum absolute atomic E-state index is 12.9. The highest BCUT2D eigenvalue weighted by Gasteiger charge is 2.33. The van der Waals surface area contributed by atoms with E-state index in [0.717, 1.165) is 0 Å². The maximum Gasteiger partial charge on any atom is 0.365 e. The molecule has 8 bridgehead atoms. The molecule has 232 valence electrons. The van der Waals surface area contributed by atoms with Crippen LogP contribution in [0.25, 0.3) is 55.7 Å². The van der Waals surface area contributed by atoms with E-state index in [9.17, 15) is 51.9 Å². The summed E-state index contributed by atoms with van der Waals surface area (Å²) in [4.78, 5) is 12.9. The number of nitrogens with one attached hydrogen (secondary N) is 5. The molecule has 0 saturated heterocycles. The second-order valence-electron chi connectivity index (χ2n) is 9.15. The summed E-state index contributed by atoms with van der Waals surface area (Å²) in [5.74, 6) is 0. The lowest BCUT2D eigenvalue weighted by Crippen LogP contribution is -2.13. The van der Waals surface area contributed by atoms with E-state index >= 15 is 0 Å². The number of fused-ring (bicyclic) bond motifs is 11. The van der Waals surface area contributed by atoms with Gasteiger partial charge in [0.25, 0.3) is 30.4 Å². The van der Waals surface area contributed by atoms with Gasteiger partial charge in [0.05, 0.1) is 11.0 Å². The van der Waals surface area contributed by atoms with Crippen LogP contribution in [0.4, 0.5) is 0 Å². The van der Waals surface area contributed by atoms with E-state index in [0.29, 0.717) is 0 Å². The molecule has 5 heterocycles. The number of rotatable bonds is 4. The summed E-state index contributed by atoms with van der Waals surface area (Å²) in [5, 5.41) is -0.519. The molecule has 0 unspecified atom stereocenters. The molecule has 9 N–H and O–H groups in total. The number of hydrogen-bond donors (Lipinski definition) is 9. The molecule has 0 atom stereocenters. The van der Waals surface area contributed by atoms with Crippen LogP contribution in [0, 0.1) is 0 Å². The van der Waals surface area contributed by atoms with E-state index in [1.54, 1.807) is 0 Å². The van der Waals surface area contributed by atoms with Gasteiger partial charge in [-0.25, -0.2) is 4.98 Å². The largest absolute Gasteiger partial charge is 0.365 e. The fourth-order valence-corrected chi connectivity index (χ4v) is 8.45. The minimum Gasteiger partial charge on any atom is -0.341 e. The normalized spacial score (nSPS) is 13.3. The molecule has 6 rings (SSSR count). The molecule has 0 aliphatic heterocycles. The number of aromatic nitrogens is 7. The zero-order valence-corrected chi connectivity index (χ0v) is 24.5. The van der Waals surface area contributed by atoms with Gasteiger partial charge in [-0.1, -0.05) is 24.3 Å². The molecule has 19 nitrogen and oxygen atoms in total. The van der Waals surface area contributed by atoms with Gasteiger partial charge in [0, 0.05) is 10.8 Å². The predicted octanol–water partition coefficient (Wildman–Crippen LogP) is 1.93. The van der Waals surface area contributed by atoms with E-state index in [-0.39, 0.29) is 37.2 Å². The lowest BCUT2D eigenvalue weighted by molar-refractivity contribution is 0.469. The molecular formula is C21H17N7O12S4. The highest BCUT2D eigenvalue weighted by molar-refractivity contribution is 7.89. The first-order valence-corrected chi connectivity index (χ1v) is 17.4. The first-order chi connectivity index (χ1) is 20.3. The molecule has 0 spiro atoms. The molecule has 0 radical (unpaired) electrons. The maximum atomic E-state index is 12.9. The molecule has 0 aliphatic rings. The number of benzene rings is 1. The van der Waals surface area contributed by atoms with Gasteiger partial charge < -0.3 is 24.9 Å². The molecular weight excluding hydrogens is 671 g/mol. The molecule has 23 heteroatoms. The lowest BCUT2D eigenvalue weighted by atomic mass is 10.2. The zero-order chi connectivity index (χ0) is 32.0. The Labute approximate surface area is 244 Å². The number of H-pyrrole nitrogens is 5. The molecule has 5 aromatic heterocycles. The molecule has 0 aliphatic carbocycles. The molecule has 1 aromatic carbocycles. The molecule has 0 fully saturated rings. The van der Waals surface area contributed by atoms with Gasteiger partial charge in [-0.05, 0) is 24.3 Å². The summed E-state index contributed by atoms with van der Waals surface area (Å²) in [7, 11) is -22.0. The van der Waals surface area contributed by atoms with Crippen molar-refractivity contribution in [1.29, 1.82) is 0 Å². The number of hydrogen-bond acceptors (Lipinski definition) is 9. The van der Waals surface area contributed by atoms with Gasteiger partial charge in [-0.15, -0.1) is 0 Å². The van der Waals surface area contributed by atoms with E-state index in [4.69, 9.17) is 0 Å². The van der Waals surface area contributed by atoms with Crippen molar-refractivity contribution >= 4 is 96.3 Å². The van der Waals surface area contributed by atoms with Crippen LogP contribution in [0.3, 0.4) is 0 Å². The Balaban J connectivity index is 2.10. The summed E-state index contributed by atoms with van der Waals surface area (Å²) in [5.41, 5.74) is -3.73. The summed E-state index contributed by atoms with van der Waals surface area (Å²) >= 11 is 0. The Bertz CT molecular complexity index is 2780. The first kappa shape index (κ1) is 29.6. The summed E-state index contributed by atoms with van der Waals surface area (Å²) in [6.07, 6.45) is 0. The van der Waals surface area contributed by atoms with E-state index in [1.165, 1.54) is 48.5 Å². The van der Waals surface area contributed by atoms with E-state index in [2.05, 4.69) is 29.9 Å². The second kappa shape index (κ2) is 9.50. The number of aromatic amines is 5. The SMILES string of the molecule is O=S(=O)(O)c1c(S(=O)(=O)O)c2[nH]c3ccc([nH]c4ccc([nH]4)c(S(=O)(=O)O)c4c5ccccc5c(nc1[nH]2)n4S(=O)(=O)O)[nH]3. The van der Waals surface area contributed by atoms with Crippen molar-refractivity contribution in [3.8, 4) is 0 Å². The summed E-state index contributed by atoms with van der Waals surface area (Å²) in [6, 6.07) is 10.3. The summed E-state index contributed by atoms with van der Waals surface area (Å²) < 4.78 is 142. The zero-order valence-electron chi connectivity index (χ0n) is 21.2. The molecule has 44 heavy (non-hydrogen) atoms. The van der Waals surface area contributed by atoms with Crippen LogP contribution >= 0.6 is 0 Å². The quantitative estimate of drug-likeness (QED) is 0.120. The van der Waals surface area contributed by atoms with Gasteiger partial charge in [-0.3, -0.25) is 18.2 Å². The minimum atomic E-state index is -5.59. The van der Waals surface area contributed by atoms with Gasteiger partial charge in [0.15, 0.2) is 21.1 Å². The van der Waals surface area contributed by atoms with Gasteiger partial charge in [0.1, 0.15) is 27.5 Å². The van der Waals surface area contributed by atoms with Crippen LogP contribution in [0.2, 0.25) is 0 Å². The van der Waals surface area contributed by atoms with Crippen LogP contribution in [-0.4, -0.2) is 85.8 Å². The van der Waals surface area contributed by atoms with Crippen molar-refractivity contribution in [2.24, 2.45) is 0 Å². The van der Waals surface area contributed by atoms with Crippen LogP contribution in [0.15, 0.2) is 63.2 Å². The second-order valence-corrected chi connectivity index (χ2v) is 14.5. The smallest absolute Gasteiger partial charge is 0.341 e. The van der Waals surface area contributed by atoms with Crippen molar-refractivity contribution in [3.63, 3.8) is 0 Å². The standard InChI is InChI=1S/C21H17N7O12S4/c29-41(30,31)16-11-5-6-12(22-11)23-13-7-8-14(24-13)25-19-17(42(32,33)34)18(43(35,36)37)20(26-19)27-21-10-4-2-1-3-9(10)15(16)28(21)44(38,39)40/h1-8,22-26H,(H,29,30,31)(H,32,33,34)(H,35,36,37)(H,38,39,40). The van der Waals surface area contributed by atoms with Crippen LogP contribution in [0.1, 0.15) is 0 Å². The highest BCUT2D eigenvalue weighted by atomic mass is 32.2. The Morgan fingerprint density at radius 3 is 1.66 bits per heavy atom. The summed E-state index contributed by atoms with van der Waals surface area (Å²) in [6.45, 7) is 0. The Morgan fingerprint density at radius 2 is 1.09 bits per heavy atom. The first-order valence-electron chi connectivity index (χ1n) is 11.7. The lowest BCUT2D eigenvalue weighted by Gasteiger charge is -2.05.